The van der Waals surface area contributed by atoms with Crippen molar-refractivity contribution in [3.63, 3.8) is 0 Å². The SMILES string of the molecule is NC(=O)C1CCC(C(=O)O)CCC1C(=O)O. The van der Waals surface area contributed by atoms with Crippen LogP contribution in [0.3, 0.4) is 0 Å². The van der Waals surface area contributed by atoms with Gasteiger partial charge in [-0.05, 0) is 25.7 Å². The van der Waals surface area contributed by atoms with E-state index in [1.807, 2.05) is 0 Å². The van der Waals surface area contributed by atoms with Crippen molar-refractivity contribution in [2.75, 3.05) is 0 Å². The Bertz CT molecular complexity index is 290. The number of rotatable bonds is 3. The summed E-state index contributed by atoms with van der Waals surface area (Å²) < 4.78 is 0. The average Bonchev–Trinajstić information content (AvgIpc) is 2.38. The Morgan fingerprint density at radius 2 is 1.38 bits per heavy atom. The van der Waals surface area contributed by atoms with Crippen molar-refractivity contribution in [3.05, 3.63) is 0 Å². The summed E-state index contributed by atoms with van der Waals surface area (Å²) in [6, 6.07) is 0. The molecule has 1 fully saturated rings. The largest absolute Gasteiger partial charge is 0.481 e. The molecule has 0 aliphatic heterocycles. The number of nitrogens with two attached hydrogens (primary N) is 1. The number of aliphatic carboxylic acids is 2. The van der Waals surface area contributed by atoms with E-state index >= 15 is 0 Å². The number of amides is 1. The fourth-order valence-corrected chi connectivity index (χ4v) is 2.19. The maximum Gasteiger partial charge on any atom is 0.307 e. The fourth-order valence-electron chi connectivity index (χ4n) is 2.19. The van der Waals surface area contributed by atoms with Crippen molar-refractivity contribution in [2.24, 2.45) is 23.5 Å². The maximum absolute atomic E-state index is 11.1. The topological polar surface area (TPSA) is 118 Å². The molecule has 4 N–H and O–H groups in total. The predicted octanol–water partition coefficient (Wildman–Crippen LogP) is 0.0635. The first kappa shape index (κ1) is 12.5. The third kappa shape index (κ3) is 2.71. The lowest BCUT2D eigenvalue weighted by Gasteiger charge is -2.17. The molecule has 6 nitrogen and oxygen atoms in total. The molecular weight excluding hydrogens is 214 g/mol. The second-order valence-corrected chi connectivity index (χ2v) is 4.14. The summed E-state index contributed by atoms with van der Waals surface area (Å²) in [5.41, 5.74) is 5.14. The first-order valence-corrected chi connectivity index (χ1v) is 5.18. The standard InChI is InChI=1S/C10H15NO5/c11-8(12)6-3-1-5(9(13)14)2-4-7(6)10(15)16/h5-7H,1-4H2,(H2,11,12)(H,13,14)(H,15,16). The average molecular weight is 229 g/mol. The first-order chi connectivity index (χ1) is 7.43. The van der Waals surface area contributed by atoms with Crippen molar-refractivity contribution < 1.29 is 24.6 Å². The highest BCUT2D eigenvalue weighted by Crippen LogP contribution is 2.32. The summed E-state index contributed by atoms with van der Waals surface area (Å²) >= 11 is 0. The van der Waals surface area contributed by atoms with Crippen molar-refractivity contribution in [3.8, 4) is 0 Å². The summed E-state index contributed by atoms with van der Waals surface area (Å²) in [7, 11) is 0. The van der Waals surface area contributed by atoms with E-state index in [9.17, 15) is 14.4 Å². The highest BCUT2D eigenvalue weighted by Gasteiger charge is 2.37. The molecule has 90 valence electrons. The molecule has 0 aromatic heterocycles. The van der Waals surface area contributed by atoms with Gasteiger partial charge in [0.15, 0.2) is 0 Å². The molecule has 0 bridgehead atoms. The Morgan fingerprint density at radius 1 is 0.875 bits per heavy atom. The van der Waals surface area contributed by atoms with Gasteiger partial charge in [0.2, 0.25) is 5.91 Å². The molecule has 3 atom stereocenters. The van der Waals surface area contributed by atoms with E-state index in [0.717, 1.165) is 0 Å². The minimum Gasteiger partial charge on any atom is -0.481 e. The summed E-state index contributed by atoms with van der Waals surface area (Å²) in [5, 5.41) is 17.8. The molecule has 1 amide bonds. The molecule has 0 aromatic carbocycles. The fraction of sp³-hybridized carbons (Fsp3) is 0.700. The van der Waals surface area contributed by atoms with Crippen LogP contribution in [0.5, 0.6) is 0 Å². The molecule has 6 heteroatoms. The van der Waals surface area contributed by atoms with Gasteiger partial charge >= 0.3 is 11.9 Å². The molecular formula is C10H15NO5. The van der Waals surface area contributed by atoms with E-state index in [0.29, 0.717) is 6.42 Å². The zero-order valence-electron chi connectivity index (χ0n) is 8.76. The Morgan fingerprint density at radius 3 is 1.75 bits per heavy atom. The summed E-state index contributed by atoms with van der Waals surface area (Å²) in [6.07, 6.45) is 1.03. The van der Waals surface area contributed by atoms with Crippen LogP contribution < -0.4 is 5.73 Å². The number of hydrogen-bond donors (Lipinski definition) is 3. The Kier molecular flexibility index (Phi) is 3.87. The maximum atomic E-state index is 11.1. The van der Waals surface area contributed by atoms with Crippen molar-refractivity contribution in [1.82, 2.24) is 0 Å². The van der Waals surface area contributed by atoms with Gasteiger partial charge in [0, 0.05) is 0 Å². The van der Waals surface area contributed by atoms with Gasteiger partial charge in [0.25, 0.3) is 0 Å². The van der Waals surface area contributed by atoms with E-state index in [1.54, 1.807) is 0 Å². The predicted molar refractivity (Wildman–Crippen MR) is 53.4 cm³/mol. The summed E-state index contributed by atoms with van der Waals surface area (Å²) in [4.78, 5) is 32.8. The first-order valence-electron chi connectivity index (χ1n) is 5.18. The smallest absolute Gasteiger partial charge is 0.307 e. The van der Waals surface area contributed by atoms with E-state index < -0.39 is 35.6 Å². The zero-order valence-corrected chi connectivity index (χ0v) is 8.76. The number of hydrogen-bond acceptors (Lipinski definition) is 3. The van der Waals surface area contributed by atoms with Crippen molar-refractivity contribution >= 4 is 17.8 Å². The second-order valence-electron chi connectivity index (χ2n) is 4.14. The number of primary amides is 1. The molecule has 0 heterocycles. The van der Waals surface area contributed by atoms with E-state index in [2.05, 4.69) is 0 Å². The van der Waals surface area contributed by atoms with Gasteiger partial charge in [0.05, 0.1) is 17.8 Å². The van der Waals surface area contributed by atoms with Gasteiger partial charge in [-0.3, -0.25) is 14.4 Å². The highest BCUT2D eigenvalue weighted by molar-refractivity contribution is 5.83. The zero-order chi connectivity index (χ0) is 12.3. The molecule has 16 heavy (non-hydrogen) atoms. The lowest BCUT2D eigenvalue weighted by atomic mass is 9.87. The van der Waals surface area contributed by atoms with Crippen LogP contribution in [0.1, 0.15) is 25.7 Å². The normalized spacial score (nSPS) is 30.4. The van der Waals surface area contributed by atoms with Crippen LogP contribution in [0.15, 0.2) is 0 Å². The molecule has 1 saturated carbocycles. The Labute approximate surface area is 92.4 Å². The molecule has 0 spiro atoms. The van der Waals surface area contributed by atoms with E-state index in [-0.39, 0.29) is 19.3 Å². The molecule has 0 aromatic rings. The Balaban J connectivity index is 2.80. The van der Waals surface area contributed by atoms with Crippen LogP contribution in [0, 0.1) is 17.8 Å². The van der Waals surface area contributed by atoms with Gasteiger partial charge in [-0.2, -0.15) is 0 Å². The van der Waals surface area contributed by atoms with Crippen LogP contribution in [0.2, 0.25) is 0 Å². The minimum absolute atomic E-state index is 0.194. The summed E-state index contributed by atoms with van der Waals surface area (Å²) in [5.74, 6) is -4.82. The molecule has 1 aliphatic rings. The lowest BCUT2D eigenvalue weighted by Crippen LogP contribution is -2.33. The second kappa shape index (κ2) is 4.96. The van der Waals surface area contributed by atoms with E-state index in [1.165, 1.54) is 0 Å². The van der Waals surface area contributed by atoms with Gasteiger partial charge in [0.1, 0.15) is 0 Å². The number of carboxylic acids is 2. The lowest BCUT2D eigenvalue weighted by molar-refractivity contribution is -0.147. The van der Waals surface area contributed by atoms with Crippen LogP contribution in [-0.2, 0) is 14.4 Å². The molecule has 0 radical (unpaired) electrons. The minimum atomic E-state index is -1.07. The van der Waals surface area contributed by atoms with Crippen LogP contribution in [-0.4, -0.2) is 28.1 Å². The van der Waals surface area contributed by atoms with Gasteiger partial charge in [-0.15, -0.1) is 0 Å². The molecule has 0 saturated heterocycles. The number of carboxylic acid groups (broad SMARTS) is 2. The van der Waals surface area contributed by atoms with Crippen molar-refractivity contribution in [2.45, 2.75) is 25.7 Å². The van der Waals surface area contributed by atoms with Gasteiger partial charge in [-0.1, -0.05) is 0 Å². The third-order valence-electron chi connectivity index (χ3n) is 3.17. The highest BCUT2D eigenvalue weighted by atomic mass is 16.4. The van der Waals surface area contributed by atoms with Crippen LogP contribution in [0.25, 0.3) is 0 Å². The molecule has 3 unspecified atom stereocenters. The number of carbonyl (C=O) groups excluding carboxylic acids is 1. The molecule has 1 rings (SSSR count). The summed E-state index contributed by atoms with van der Waals surface area (Å²) in [6.45, 7) is 0. The molecule has 1 aliphatic carbocycles. The number of carbonyl (C=O) groups is 3. The van der Waals surface area contributed by atoms with Crippen LogP contribution in [0.4, 0.5) is 0 Å². The van der Waals surface area contributed by atoms with Gasteiger partial charge < -0.3 is 15.9 Å². The van der Waals surface area contributed by atoms with Crippen molar-refractivity contribution in [1.29, 1.82) is 0 Å². The van der Waals surface area contributed by atoms with Crippen LogP contribution >= 0.6 is 0 Å². The third-order valence-corrected chi connectivity index (χ3v) is 3.17. The Hall–Kier alpha value is -1.59. The van der Waals surface area contributed by atoms with Gasteiger partial charge in [-0.25, -0.2) is 0 Å². The quantitative estimate of drug-likeness (QED) is 0.591. The van der Waals surface area contributed by atoms with E-state index in [4.69, 9.17) is 15.9 Å². The monoisotopic (exact) mass is 229 g/mol.